The molecule has 3 aromatic rings. The molecule has 6 atom stereocenters. The molecule has 0 radical (unpaired) electrons. The topological polar surface area (TPSA) is 118 Å². The van der Waals surface area contributed by atoms with Crippen LogP contribution in [0.2, 0.25) is 0 Å². The molecule has 0 bridgehead atoms. The fourth-order valence-electron chi connectivity index (χ4n) is 8.12. The van der Waals surface area contributed by atoms with Crippen LogP contribution in [-0.2, 0) is 32.0 Å². The second kappa shape index (κ2) is 9.25. The van der Waals surface area contributed by atoms with Gasteiger partial charge in [-0.2, -0.15) is 0 Å². The zero-order chi connectivity index (χ0) is 29.7. The molecular formula is C33H35N5O5. The van der Waals surface area contributed by atoms with Crippen LogP contribution in [-0.4, -0.2) is 92.4 Å². The number of rotatable bonds is 4. The van der Waals surface area contributed by atoms with Crippen molar-refractivity contribution in [3.05, 3.63) is 77.5 Å². The van der Waals surface area contributed by atoms with E-state index in [1.165, 1.54) is 22.8 Å². The van der Waals surface area contributed by atoms with E-state index in [2.05, 4.69) is 33.5 Å². The van der Waals surface area contributed by atoms with Gasteiger partial charge >= 0.3 is 0 Å². The predicted octanol–water partition coefficient (Wildman–Crippen LogP) is 1.99. The second-order valence-corrected chi connectivity index (χ2v) is 12.8. The maximum atomic E-state index is 14.2. The van der Waals surface area contributed by atoms with E-state index in [1.54, 1.807) is 4.90 Å². The summed E-state index contributed by atoms with van der Waals surface area (Å²) in [5.41, 5.74) is 3.58. The lowest BCUT2D eigenvalue weighted by Gasteiger charge is -2.48. The third-order valence-corrected chi connectivity index (χ3v) is 10.1. The number of hydrogen-bond acceptors (Lipinski definition) is 6. The summed E-state index contributed by atoms with van der Waals surface area (Å²) in [4.78, 5) is 50.2. The molecule has 10 nitrogen and oxygen atoms in total. The lowest BCUT2D eigenvalue weighted by molar-refractivity contribution is -0.315. The molecule has 5 aliphatic rings. The summed E-state index contributed by atoms with van der Waals surface area (Å²) in [7, 11) is 2.02. The summed E-state index contributed by atoms with van der Waals surface area (Å²) in [5, 5.41) is 16.1. The molecule has 5 heterocycles. The Morgan fingerprint density at radius 3 is 2.79 bits per heavy atom. The van der Waals surface area contributed by atoms with E-state index >= 15 is 0 Å². The molecule has 3 amide bonds. The van der Waals surface area contributed by atoms with E-state index in [9.17, 15) is 19.5 Å². The Hall–Kier alpha value is -3.99. The Labute approximate surface area is 249 Å². The number of carbonyl (C=O) groups is 3. The summed E-state index contributed by atoms with van der Waals surface area (Å²) in [6.07, 6.45) is 6.38. The van der Waals surface area contributed by atoms with Gasteiger partial charge in [0, 0.05) is 42.7 Å². The molecule has 3 N–H and O–H groups in total. The molecule has 1 aliphatic carbocycles. The number of aromatic nitrogens is 1. The minimum Gasteiger partial charge on any atom is -0.361 e. The van der Waals surface area contributed by atoms with Gasteiger partial charge in [-0.05, 0) is 61.6 Å². The average Bonchev–Trinajstić information content (AvgIpc) is 3.70. The Morgan fingerprint density at radius 2 is 1.98 bits per heavy atom. The first-order valence-electron chi connectivity index (χ1n) is 15.1. The van der Waals surface area contributed by atoms with Gasteiger partial charge in [-0.15, -0.1) is 0 Å². The number of ether oxygens (including phenoxy) is 1. The number of carbonyl (C=O) groups excluding carboxylic acids is 3. The molecular weight excluding hydrogens is 546 g/mol. The van der Waals surface area contributed by atoms with Crippen LogP contribution in [0.5, 0.6) is 0 Å². The maximum Gasteiger partial charge on any atom is 0.280 e. The monoisotopic (exact) mass is 581 g/mol. The first-order valence-corrected chi connectivity index (χ1v) is 15.1. The van der Waals surface area contributed by atoms with Crippen LogP contribution in [0.3, 0.4) is 0 Å². The smallest absolute Gasteiger partial charge is 0.280 e. The standard InChI is InChI=1S/C33H35N5O5/c1-32(35-29(39)21-15-23-22-10-6-11-24-28(22)20(17-34-24)16-25(23)36(2)18-21)31(41)38-26(14-19-8-4-3-5-9-19)30(40)37-13-7-12-27(37)33(38,42)43-32/h3-6,8-11,15,17,21,25-27,34,42H,7,12-14,16,18H2,1-2H3,(H,35,39)/t21-,25-,26?,27+,32-,33?/m1/s1. The number of aromatic amines is 1. The van der Waals surface area contributed by atoms with Gasteiger partial charge in [0.05, 0.1) is 5.92 Å². The van der Waals surface area contributed by atoms with Crippen LogP contribution in [0.1, 0.15) is 36.5 Å². The van der Waals surface area contributed by atoms with E-state index in [0.717, 1.165) is 28.6 Å². The SMILES string of the molecule is CN1C[C@H](C(=O)N[C@]2(C)OC3(O)[C@@H]4CCCN4C(=O)C(Cc4ccccc4)N3C2=O)C=C2c3cccc4[nH]cc(c34)C[C@H]21. The van der Waals surface area contributed by atoms with Crippen molar-refractivity contribution in [2.24, 2.45) is 5.92 Å². The highest BCUT2D eigenvalue weighted by Crippen LogP contribution is 2.46. The number of benzene rings is 2. The number of piperazine rings is 1. The van der Waals surface area contributed by atoms with Crippen LogP contribution in [0.15, 0.2) is 60.8 Å². The molecule has 43 heavy (non-hydrogen) atoms. The van der Waals surface area contributed by atoms with Gasteiger partial charge in [0.2, 0.25) is 17.5 Å². The van der Waals surface area contributed by atoms with Crippen LogP contribution in [0.4, 0.5) is 0 Å². The van der Waals surface area contributed by atoms with Crippen LogP contribution < -0.4 is 5.32 Å². The van der Waals surface area contributed by atoms with Gasteiger partial charge in [0.25, 0.3) is 11.8 Å². The predicted molar refractivity (Wildman–Crippen MR) is 158 cm³/mol. The van der Waals surface area contributed by atoms with Crippen molar-refractivity contribution in [2.75, 3.05) is 20.1 Å². The van der Waals surface area contributed by atoms with Crippen LogP contribution >= 0.6 is 0 Å². The second-order valence-electron chi connectivity index (χ2n) is 12.8. The number of aliphatic hydroxyl groups is 1. The first-order chi connectivity index (χ1) is 20.7. The Kier molecular flexibility index (Phi) is 5.73. The molecule has 2 aromatic carbocycles. The Bertz CT molecular complexity index is 1700. The lowest BCUT2D eigenvalue weighted by Crippen LogP contribution is -2.71. The van der Waals surface area contributed by atoms with Gasteiger partial charge in [-0.1, -0.05) is 48.5 Å². The van der Waals surface area contributed by atoms with E-state index in [0.29, 0.717) is 25.9 Å². The molecule has 8 rings (SSSR count). The van der Waals surface area contributed by atoms with Gasteiger partial charge in [-0.25, -0.2) is 0 Å². The lowest BCUT2D eigenvalue weighted by atomic mass is 9.79. The largest absolute Gasteiger partial charge is 0.361 e. The van der Waals surface area contributed by atoms with E-state index in [4.69, 9.17) is 4.74 Å². The molecule has 0 spiro atoms. The van der Waals surface area contributed by atoms with E-state index in [-0.39, 0.29) is 24.3 Å². The van der Waals surface area contributed by atoms with E-state index in [1.807, 2.05) is 49.5 Å². The summed E-state index contributed by atoms with van der Waals surface area (Å²) in [6, 6.07) is 14.1. The molecule has 3 fully saturated rings. The average molecular weight is 582 g/mol. The van der Waals surface area contributed by atoms with Crippen molar-refractivity contribution in [3.8, 4) is 0 Å². The maximum absolute atomic E-state index is 14.2. The number of nitrogens with zero attached hydrogens (tertiary/aromatic N) is 3. The summed E-state index contributed by atoms with van der Waals surface area (Å²) < 4.78 is 6.23. The minimum atomic E-state index is -2.04. The number of amides is 3. The van der Waals surface area contributed by atoms with Crippen molar-refractivity contribution in [1.82, 2.24) is 25.0 Å². The number of nitrogens with one attached hydrogen (secondary N) is 2. The summed E-state index contributed by atoms with van der Waals surface area (Å²) in [5.74, 6) is -3.77. The molecule has 4 aliphatic heterocycles. The van der Waals surface area contributed by atoms with Crippen molar-refractivity contribution in [3.63, 3.8) is 0 Å². The van der Waals surface area contributed by atoms with Gasteiger partial charge in [0.15, 0.2) is 0 Å². The van der Waals surface area contributed by atoms with E-state index < -0.39 is 35.5 Å². The number of fused-ring (bicyclic) bond motifs is 5. The number of likely N-dealkylation sites (N-methyl/N-ethyl adjacent to an activating group) is 1. The normalized spacial score (nSPS) is 33.3. The quantitative estimate of drug-likeness (QED) is 0.434. The Morgan fingerprint density at radius 1 is 1.16 bits per heavy atom. The molecule has 222 valence electrons. The zero-order valence-corrected chi connectivity index (χ0v) is 24.2. The fourth-order valence-corrected chi connectivity index (χ4v) is 8.12. The molecule has 2 unspecified atom stereocenters. The van der Waals surface area contributed by atoms with Crippen LogP contribution in [0, 0.1) is 5.92 Å². The van der Waals surface area contributed by atoms with Crippen LogP contribution in [0.25, 0.3) is 16.5 Å². The highest BCUT2D eigenvalue weighted by atomic mass is 16.7. The minimum absolute atomic E-state index is 0.144. The number of H-pyrrole nitrogens is 1. The van der Waals surface area contributed by atoms with Gasteiger partial charge in [-0.3, -0.25) is 28.9 Å². The third-order valence-electron chi connectivity index (χ3n) is 10.1. The summed E-state index contributed by atoms with van der Waals surface area (Å²) >= 11 is 0. The third kappa shape index (κ3) is 3.79. The Balaban J connectivity index is 1.11. The molecule has 1 aromatic heterocycles. The van der Waals surface area contributed by atoms with Gasteiger partial charge in [0.1, 0.15) is 12.1 Å². The summed E-state index contributed by atoms with van der Waals surface area (Å²) in [6.45, 7) is 2.45. The van der Waals surface area contributed by atoms with Crippen molar-refractivity contribution in [1.29, 1.82) is 0 Å². The highest BCUT2D eigenvalue weighted by Gasteiger charge is 2.70. The molecule has 3 saturated heterocycles. The molecule has 0 saturated carbocycles. The first kappa shape index (κ1) is 26.6. The van der Waals surface area contributed by atoms with Crippen molar-refractivity contribution in [2.45, 2.75) is 62.4 Å². The zero-order valence-electron chi connectivity index (χ0n) is 24.2. The number of hydrogen-bond donors (Lipinski definition) is 3. The highest BCUT2D eigenvalue weighted by molar-refractivity contribution is 6.00. The molecule has 10 heteroatoms. The van der Waals surface area contributed by atoms with Crippen molar-refractivity contribution >= 4 is 34.2 Å². The van der Waals surface area contributed by atoms with Gasteiger partial charge < -0.3 is 20.3 Å². The van der Waals surface area contributed by atoms with Crippen molar-refractivity contribution < 1.29 is 24.2 Å². The fraction of sp³-hybridized carbons (Fsp3) is 0.424.